The van der Waals surface area contributed by atoms with Crippen LogP contribution in [0.2, 0.25) is 0 Å². The average Bonchev–Trinajstić information content (AvgIpc) is 2.92. The highest BCUT2D eigenvalue weighted by molar-refractivity contribution is 5.32. The van der Waals surface area contributed by atoms with E-state index in [2.05, 4.69) is 0 Å². The minimum Gasteiger partial charge on any atom is -0.465 e. The Morgan fingerprint density at radius 2 is 1.26 bits per heavy atom. The predicted molar refractivity (Wildman–Crippen MR) is 155 cm³/mol. The van der Waals surface area contributed by atoms with E-state index in [9.17, 15) is 24.9 Å². The topological polar surface area (TPSA) is 121 Å². The highest BCUT2D eigenvalue weighted by atomic mass is 16.3. The molecule has 7 nitrogen and oxygen atoms in total. The van der Waals surface area contributed by atoms with Crippen LogP contribution in [-0.4, -0.2) is 33.6 Å². The summed E-state index contributed by atoms with van der Waals surface area (Å²) < 4.78 is 12.3. The van der Waals surface area contributed by atoms with Crippen LogP contribution < -0.4 is 10.9 Å². The van der Waals surface area contributed by atoms with Crippen LogP contribution in [0.3, 0.4) is 0 Å². The van der Waals surface area contributed by atoms with Gasteiger partial charge in [0.05, 0.1) is 18.3 Å². The van der Waals surface area contributed by atoms with Crippen molar-refractivity contribution in [3.05, 3.63) is 77.4 Å². The number of aryl methyl sites for hydroxylation is 1. The van der Waals surface area contributed by atoms with Crippen LogP contribution in [0.4, 0.5) is 0 Å². The molecular weight excluding hydrogens is 496 g/mol. The summed E-state index contributed by atoms with van der Waals surface area (Å²) in [6.45, 7) is 19.8. The van der Waals surface area contributed by atoms with Crippen molar-refractivity contribution >= 4 is 0 Å². The van der Waals surface area contributed by atoms with Crippen molar-refractivity contribution in [2.45, 2.75) is 125 Å². The van der Waals surface area contributed by atoms with Crippen LogP contribution in [0.15, 0.2) is 30.1 Å². The van der Waals surface area contributed by atoms with Gasteiger partial charge in [-0.1, -0.05) is 47.6 Å². The van der Waals surface area contributed by atoms with Crippen molar-refractivity contribution < 1.29 is 24.2 Å². The first-order chi connectivity index (χ1) is 18.1. The Balaban J connectivity index is 2.38. The number of rotatable bonds is 11. The van der Waals surface area contributed by atoms with Crippen LogP contribution in [0.5, 0.6) is 0 Å². The van der Waals surface area contributed by atoms with E-state index in [1.807, 2.05) is 33.8 Å². The second-order valence-corrected chi connectivity index (χ2v) is 11.3. The molecule has 3 N–H and O–H groups in total. The summed E-state index contributed by atoms with van der Waals surface area (Å²) in [5.74, 6) is 0.278. The molecule has 7 heteroatoms. The Morgan fingerprint density at radius 1 is 0.769 bits per heavy atom. The molecule has 0 saturated carbocycles. The van der Waals surface area contributed by atoms with Gasteiger partial charge in [0.2, 0.25) is 0 Å². The Labute approximate surface area is 232 Å². The van der Waals surface area contributed by atoms with E-state index >= 15 is 0 Å². The van der Waals surface area contributed by atoms with Gasteiger partial charge >= 0.3 is 0 Å². The SMILES string of the molecule is CCc1oc(C(C)C(O)C(C)C(O)C(C)=CC(C)c2oc(C(C)C(O)CC)c(C)c(=O)c2C)c(C)c(=O)c1C. The molecule has 0 bridgehead atoms. The summed E-state index contributed by atoms with van der Waals surface area (Å²) in [6, 6.07) is 0. The van der Waals surface area contributed by atoms with Crippen molar-refractivity contribution in [1.29, 1.82) is 0 Å². The standard InChI is InChI=1S/C32H48O7/c1-12-24(33)17(5)31-23(11)29(37)20(8)30(39-31)16(4)14-15(3)26(34)19(7)28(36)22(10)32-21(9)27(35)18(6)25(13-2)38-32/h14,16-17,19,22,24,26,28,33-34,36H,12-13H2,1-11H3. The molecule has 2 heterocycles. The van der Waals surface area contributed by atoms with E-state index in [1.54, 1.807) is 48.5 Å². The third-order valence-corrected chi connectivity index (χ3v) is 8.43. The Kier molecular flexibility index (Phi) is 11.1. The van der Waals surface area contributed by atoms with Gasteiger partial charge in [-0.05, 0) is 46.6 Å². The normalized spacial score (nSPS) is 17.8. The number of aliphatic hydroxyl groups is 3. The zero-order chi connectivity index (χ0) is 29.9. The molecule has 0 saturated heterocycles. The molecule has 0 radical (unpaired) electrons. The smallest absolute Gasteiger partial charge is 0.191 e. The fraction of sp³-hybridized carbons (Fsp3) is 0.625. The summed E-state index contributed by atoms with van der Waals surface area (Å²) >= 11 is 0. The van der Waals surface area contributed by atoms with Crippen LogP contribution in [0.1, 0.15) is 118 Å². The molecular formula is C32H48O7. The maximum atomic E-state index is 13.0. The molecule has 7 atom stereocenters. The molecule has 0 spiro atoms. The summed E-state index contributed by atoms with van der Waals surface area (Å²) in [7, 11) is 0. The Bertz CT molecular complexity index is 1300. The average molecular weight is 545 g/mol. The van der Waals surface area contributed by atoms with E-state index in [1.165, 1.54) is 0 Å². The van der Waals surface area contributed by atoms with Gasteiger partial charge < -0.3 is 24.2 Å². The molecule has 7 unspecified atom stereocenters. The highest BCUT2D eigenvalue weighted by Crippen LogP contribution is 2.32. The van der Waals surface area contributed by atoms with Gasteiger partial charge in [0.1, 0.15) is 23.0 Å². The molecule has 2 aromatic heterocycles. The van der Waals surface area contributed by atoms with E-state index < -0.39 is 30.1 Å². The van der Waals surface area contributed by atoms with Crippen LogP contribution >= 0.6 is 0 Å². The summed E-state index contributed by atoms with van der Waals surface area (Å²) in [4.78, 5) is 25.7. The predicted octanol–water partition coefficient (Wildman–Crippen LogP) is 5.47. The molecule has 0 fully saturated rings. The molecule has 218 valence electrons. The molecule has 0 amide bonds. The fourth-order valence-electron chi connectivity index (χ4n) is 5.53. The minimum absolute atomic E-state index is 0.0830. The monoisotopic (exact) mass is 544 g/mol. The van der Waals surface area contributed by atoms with Crippen molar-refractivity contribution in [3.63, 3.8) is 0 Å². The molecule has 0 aliphatic heterocycles. The Hall–Kier alpha value is -2.48. The first-order valence-electron chi connectivity index (χ1n) is 14.1. The summed E-state index contributed by atoms with van der Waals surface area (Å²) in [5, 5.41) is 32.8. The van der Waals surface area contributed by atoms with Crippen LogP contribution in [0.25, 0.3) is 0 Å². The number of hydrogen-bond donors (Lipinski definition) is 3. The van der Waals surface area contributed by atoms with Crippen molar-refractivity contribution in [2.24, 2.45) is 5.92 Å². The molecule has 0 aliphatic carbocycles. The van der Waals surface area contributed by atoms with Gasteiger partial charge in [-0.2, -0.15) is 0 Å². The molecule has 0 aromatic carbocycles. The van der Waals surface area contributed by atoms with Gasteiger partial charge in [0.15, 0.2) is 10.9 Å². The zero-order valence-corrected chi connectivity index (χ0v) is 25.5. The third kappa shape index (κ3) is 6.64. The molecule has 2 aromatic rings. The van der Waals surface area contributed by atoms with Gasteiger partial charge in [-0.25, -0.2) is 0 Å². The second-order valence-electron chi connectivity index (χ2n) is 11.3. The van der Waals surface area contributed by atoms with Crippen molar-refractivity contribution in [2.75, 3.05) is 0 Å². The van der Waals surface area contributed by atoms with Gasteiger partial charge in [0.25, 0.3) is 0 Å². The number of hydrogen-bond acceptors (Lipinski definition) is 7. The van der Waals surface area contributed by atoms with E-state index in [0.717, 1.165) is 0 Å². The van der Waals surface area contributed by atoms with Gasteiger partial charge in [0, 0.05) is 52.3 Å². The van der Waals surface area contributed by atoms with Gasteiger partial charge in [-0.3, -0.25) is 9.59 Å². The number of aliphatic hydroxyl groups excluding tert-OH is 3. The minimum atomic E-state index is -0.981. The first-order valence-corrected chi connectivity index (χ1v) is 14.1. The first kappa shape index (κ1) is 32.7. The fourth-order valence-corrected chi connectivity index (χ4v) is 5.53. The lowest BCUT2D eigenvalue weighted by molar-refractivity contribution is 0.0216. The molecule has 2 rings (SSSR count). The second kappa shape index (κ2) is 13.2. The maximum absolute atomic E-state index is 13.0. The summed E-state index contributed by atoms with van der Waals surface area (Å²) in [5.41, 5.74) is 2.49. The van der Waals surface area contributed by atoms with Gasteiger partial charge in [-0.15, -0.1) is 0 Å². The lowest BCUT2D eigenvalue weighted by atomic mass is 9.83. The number of allylic oxidation sites excluding steroid dienone is 1. The lowest BCUT2D eigenvalue weighted by Gasteiger charge is -2.30. The largest absolute Gasteiger partial charge is 0.465 e. The molecule has 39 heavy (non-hydrogen) atoms. The zero-order valence-electron chi connectivity index (χ0n) is 25.5. The molecule has 0 aliphatic rings. The third-order valence-electron chi connectivity index (χ3n) is 8.43. The van der Waals surface area contributed by atoms with E-state index in [-0.39, 0.29) is 22.7 Å². The highest BCUT2D eigenvalue weighted by Gasteiger charge is 2.32. The van der Waals surface area contributed by atoms with E-state index in [4.69, 9.17) is 8.83 Å². The van der Waals surface area contributed by atoms with Crippen LogP contribution in [-0.2, 0) is 6.42 Å². The maximum Gasteiger partial charge on any atom is 0.191 e. The quantitative estimate of drug-likeness (QED) is 0.321. The van der Waals surface area contributed by atoms with Crippen molar-refractivity contribution in [1.82, 2.24) is 0 Å². The lowest BCUT2D eigenvalue weighted by Crippen LogP contribution is -2.35. The van der Waals surface area contributed by atoms with Crippen molar-refractivity contribution in [3.8, 4) is 0 Å². The summed E-state index contributed by atoms with van der Waals surface area (Å²) in [6.07, 6.45) is 0.368. The Morgan fingerprint density at radius 3 is 1.77 bits per heavy atom. The van der Waals surface area contributed by atoms with Crippen LogP contribution in [0, 0.1) is 33.6 Å². The van der Waals surface area contributed by atoms with E-state index in [0.29, 0.717) is 63.7 Å².